The normalized spacial score (nSPS) is 23.4. The monoisotopic (exact) mass is 264 g/mol. The lowest BCUT2D eigenvalue weighted by Gasteiger charge is -2.37. The standard InChI is InChI=1S/C15H24N2O2/c1-2-19-15-5-3-14(4-6-15)17-10-12(7-8-18)9-13(16)11-17/h3-6,12-13,18H,2,7-11,16H2,1H3. The average Bonchev–Trinajstić information content (AvgIpc) is 2.40. The van der Waals surface area contributed by atoms with Gasteiger partial charge in [-0.25, -0.2) is 0 Å². The van der Waals surface area contributed by atoms with Crippen molar-refractivity contribution in [2.75, 3.05) is 31.2 Å². The van der Waals surface area contributed by atoms with Crippen LogP contribution in [0, 0.1) is 5.92 Å². The van der Waals surface area contributed by atoms with Crippen LogP contribution in [-0.4, -0.2) is 37.5 Å². The zero-order valence-electron chi connectivity index (χ0n) is 11.6. The van der Waals surface area contributed by atoms with Crippen molar-refractivity contribution >= 4 is 5.69 Å². The summed E-state index contributed by atoms with van der Waals surface area (Å²) < 4.78 is 5.45. The van der Waals surface area contributed by atoms with E-state index < -0.39 is 0 Å². The van der Waals surface area contributed by atoms with Crippen LogP contribution in [0.4, 0.5) is 5.69 Å². The molecule has 1 aliphatic rings. The molecule has 19 heavy (non-hydrogen) atoms. The Balaban J connectivity index is 2.03. The van der Waals surface area contributed by atoms with Crippen LogP contribution in [0.2, 0.25) is 0 Å². The molecular weight excluding hydrogens is 240 g/mol. The van der Waals surface area contributed by atoms with E-state index in [1.54, 1.807) is 0 Å². The molecule has 1 saturated heterocycles. The number of hydrogen-bond donors (Lipinski definition) is 2. The predicted molar refractivity (Wildman–Crippen MR) is 77.6 cm³/mol. The Morgan fingerprint density at radius 2 is 2.05 bits per heavy atom. The number of aliphatic hydroxyl groups excluding tert-OH is 1. The van der Waals surface area contributed by atoms with Gasteiger partial charge in [0.05, 0.1) is 6.61 Å². The number of nitrogens with two attached hydrogens (primary N) is 1. The van der Waals surface area contributed by atoms with Crippen LogP contribution in [-0.2, 0) is 0 Å². The van der Waals surface area contributed by atoms with Crippen molar-refractivity contribution in [1.29, 1.82) is 0 Å². The van der Waals surface area contributed by atoms with E-state index in [0.29, 0.717) is 12.5 Å². The van der Waals surface area contributed by atoms with E-state index in [1.807, 2.05) is 19.1 Å². The van der Waals surface area contributed by atoms with Gasteiger partial charge in [-0.15, -0.1) is 0 Å². The van der Waals surface area contributed by atoms with Gasteiger partial charge < -0.3 is 20.5 Å². The maximum atomic E-state index is 9.08. The van der Waals surface area contributed by atoms with Gasteiger partial charge in [0, 0.05) is 31.4 Å². The highest BCUT2D eigenvalue weighted by Crippen LogP contribution is 2.26. The molecule has 2 rings (SSSR count). The number of piperidine rings is 1. The molecule has 0 aromatic heterocycles. The summed E-state index contributed by atoms with van der Waals surface area (Å²) in [7, 11) is 0. The van der Waals surface area contributed by atoms with Crippen LogP contribution in [0.25, 0.3) is 0 Å². The molecule has 4 nitrogen and oxygen atoms in total. The minimum absolute atomic E-state index is 0.192. The lowest BCUT2D eigenvalue weighted by molar-refractivity contribution is 0.238. The van der Waals surface area contributed by atoms with Gasteiger partial charge in [0.2, 0.25) is 0 Å². The van der Waals surface area contributed by atoms with E-state index in [1.165, 1.54) is 5.69 Å². The van der Waals surface area contributed by atoms with Crippen LogP contribution in [0.15, 0.2) is 24.3 Å². The third-order valence-electron chi connectivity index (χ3n) is 3.62. The molecule has 1 aliphatic heterocycles. The molecule has 0 aliphatic carbocycles. The molecule has 2 atom stereocenters. The van der Waals surface area contributed by atoms with Crippen molar-refractivity contribution in [3.8, 4) is 5.75 Å². The predicted octanol–water partition coefficient (Wildman–Crippen LogP) is 1.62. The molecule has 0 saturated carbocycles. The largest absolute Gasteiger partial charge is 0.494 e. The number of ether oxygens (including phenoxy) is 1. The lowest BCUT2D eigenvalue weighted by Crippen LogP contribution is -2.47. The molecule has 4 heteroatoms. The van der Waals surface area contributed by atoms with E-state index in [-0.39, 0.29) is 12.6 Å². The summed E-state index contributed by atoms with van der Waals surface area (Å²) in [6.45, 7) is 4.77. The van der Waals surface area contributed by atoms with E-state index in [2.05, 4.69) is 17.0 Å². The first-order valence-electron chi connectivity index (χ1n) is 7.07. The summed E-state index contributed by atoms with van der Waals surface area (Å²) in [5, 5.41) is 9.08. The highest BCUT2D eigenvalue weighted by Gasteiger charge is 2.24. The van der Waals surface area contributed by atoms with Crippen LogP contribution < -0.4 is 15.4 Å². The van der Waals surface area contributed by atoms with Gasteiger partial charge in [0.1, 0.15) is 5.75 Å². The van der Waals surface area contributed by atoms with Gasteiger partial charge in [0.15, 0.2) is 0 Å². The number of hydrogen-bond acceptors (Lipinski definition) is 4. The van der Waals surface area contributed by atoms with E-state index in [4.69, 9.17) is 15.6 Å². The highest BCUT2D eigenvalue weighted by molar-refractivity contribution is 5.49. The second-order valence-corrected chi connectivity index (χ2v) is 5.21. The second-order valence-electron chi connectivity index (χ2n) is 5.21. The van der Waals surface area contributed by atoms with Gasteiger partial charge in [-0.3, -0.25) is 0 Å². The summed E-state index contributed by atoms with van der Waals surface area (Å²) in [6.07, 6.45) is 1.84. The van der Waals surface area contributed by atoms with Gasteiger partial charge in [-0.2, -0.15) is 0 Å². The van der Waals surface area contributed by atoms with Crippen LogP contribution in [0.5, 0.6) is 5.75 Å². The van der Waals surface area contributed by atoms with E-state index in [9.17, 15) is 0 Å². The Labute approximate surface area is 115 Å². The van der Waals surface area contributed by atoms with Gasteiger partial charge in [-0.1, -0.05) is 0 Å². The Kier molecular flexibility index (Phi) is 5.05. The summed E-state index contributed by atoms with van der Waals surface area (Å²) in [5.74, 6) is 1.39. The Bertz CT molecular complexity index is 380. The number of nitrogens with zero attached hydrogens (tertiary/aromatic N) is 1. The van der Waals surface area contributed by atoms with E-state index in [0.717, 1.165) is 31.7 Å². The summed E-state index contributed by atoms with van der Waals surface area (Å²) in [5.41, 5.74) is 7.29. The fourth-order valence-corrected chi connectivity index (χ4v) is 2.77. The number of benzene rings is 1. The van der Waals surface area contributed by atoms with Gasteiger partial charge in [-0.05, 0) is 49.9 Å². The molecule has 1 aromatic rings. The molecule has 3 N–H and O–H groups in total. The molecule has 0 bridgehead atoms. The fraction of sp³-hybridized carbons (Fsp3) is 0.600. The van der Waals surface area contributed by atoms with Crippen molar-refractivity contribution in [2.45, 2.75) is 25.8 Å². The molecule has 0 spiro atoms. The first-order chi connectivity index (χ1) is 9.22. The molecule has 1 aromatic carbocycles. The first kappa shape index (κ1) is 14.2. The molecule has 2 unspecified atom stereocenters. The number of anilines is 1. The average molecular weight is 264 g/mol. The summed E-state index contributed by atoms with van der Waals surface area (Å²) >= 11 is 0. The Morgan fingerprint density at radius 1 is 1.32 bits per heavy atom. The third-order valence-corrected chi connectivity index (χ3v) is 3.62. The molecule has 1 fully saturated rings. The van der Waals surface area contributed by atoms with Crippen molar-refractivity contribution < 1.29 is 9.84 Å². The molecule has 106 valence electrons. The lowest BCUT2D eigenvalue weighted by atomic mass is 9.92. The quantitative estimate of drug-likeness (QED) is 0.848. The molecule has 0 radical (unpaired) electrons. The maximum absolute atomic E-state index is 9.08. The topological polar surface area (TPSA) is 58.7 Å². The summed E-state index contributed by atoms with van der Waals surface area (Å²) in [6, 6.07) is 8.36. The van der Waals surface area contributed by atoms with Gasteiger partial charge in [0.25, 0.3) is 0 Å². The zero-order valence-corrected chi connectivity index (χ0v) is 11.6. The minimum Gasteiger partial charge on any atom is -0.494 e. The fourth-order valence-electron chi connectivity index (χ4n) is 2.77. The third kappa shape index (κ3) is 3.85. The highest BCUT2D eigenvalue weighted by atomic mass is 16.5. The first-order valence-corrected chi connectivity index (χ1v) is 7.07. The minimum atomic E-state index is 0.192. The van der Waals surface area contributed by atoms with Gasteiger partial charge >= 0.3 is 0 Å². The second kappa shape index (κ2) is 6.78. The van der Waals surface area contributed by atoms with Crippen LogP contribution >= 0.6 is 0 Å². The zero-order chi connectivity index (χ0) is 13.7. The molecular formula is C15H24N2O2. The maximum Gasteiger partial charge on any atom is 0.119 e. The van der Waals surface area contributed by atoms with Crippen molar-refractivity contribution in [2.24, 2.45) is 11.7 Å². The summed E-state index contributed by atoms with van der Waals surface area (Å²) in [4.78, 5) is 2.31. The molecule has 0 amide bonds. The van der Waals surface area contributed by atoms with Crippen molar-refractivity contribution in [3.63, 3.8) is 0 Å². The van der Waals surface area contributed by atoms with Crippen molar-refractivity contribution in [1.82, 2.24) is 0 Å². The number of rotatable bonds is 5. The van der Waals surface area contributed by atoms with Crippen molar-refractivity contribution in [3.05, 3.63) is 24.3 Å². The number of aliphatic hydroxyl groups is 1. The molecule has 1 heterocycles. The Hall–Kier alpha value is -1.26. The Morgan fingerprint density at radius 3 is 2.68 bits per heavy atom. The van der Waals surface area contributed by atoms with Crippen LogP contribution in [0.3, 0.4) is 0 Å². The smallest absolute Gasteiger partial charge is 0.119 e. The SMILES string of the molecule is CCOc1ccc(N2CC(N)CC(CCO)C2)cc1. The van der Waals surface area contributed by atoms with E-state index >= 15 is 0 Å². The van der Waals surface area contributed by atoms with Crippen LogP contribution in [0.1, 0.15) is 19.8 Å².